The molecule has 0 aliphatic heterocycles. The number of aromatic amines is 1. The van der Waals surface area contributed by atoms with Crippen molar-refractivity contribution < 1.29 is 0 Å². The zero-order valence-electron chi connectivity index (χ0n) is 6.07. The topological polar surface area (TPSA) is 45.8 Å². The average molecular weight is 198 g/mol. The highest BCUT2D eigenvalue weighted by Crippen LogP contribution is 2.13. The van der Waals surface area contributed by atoms with Crippen LogP contribution in [0.4, 0.5) is 0 Å². The van der Waals surface area contributed by atoms with Crippen LogP contribution in [0.25, 0.3) is 10.2 Å². The minimum atomic E-state index is -0.0703. The Labute approximate surface area is 77.9 Å². The highest BCUT2D eigenvalue weighted by atomic mass is 32.1. The molecule has 0 unspecified atom stereocenters. The predicted molar refractivity (Wildman–Crippen MR) is 52.9 cm³/mol. The first-order valence-corrected chi connectivity index (χ1v) is 4.90. The van der Waals surface area contributed by atoms with E-state index in [-0.39, 0.29) is 5.56 Å². The number of nitrogens with one attached hydrogen (secondary N) is 1. The summed E-state index contributed by atoms with van der Waals surface area (Å²) in [4.78, 5) is 18.1. The molecule has 0 saturated heterocycles. The lowest BCUT2D eigenvalue weighted by atomic mass is 10.4. The van der Waals surface area contributed by atoms with Crippen molar-refractivity contribution in [2.24, 2.45) is 0 Å². The first kappa shape index (κ1) is 7.82. The molecule has 2 aromatic rings. The lowest BCUT2D eigenvalue weighted by Gasteiger charge is -1.93. The maximum absolute atomic E-state index is 11.3. The Bertz CT molecular complexity index is 460. The smallest absolute Gasteiger partial charge is 0.268 e. The molecule has 0 fully saturated rings. The summed E-state index contributed by atoms with van der Waals surface area (Å²) in [7, 11) is 0. The van der Waals surface area contributed by atoms with Crippen molar-refractivity contribution in [3.8, 4) is 0 Å². The van der Waals surface area contributed by atoms with Crippen LogP contribution < -0.4 is 5.56 Å². The standard InChI is InChI=1S/C7H6N2OS2/c10-7-6-4(1-2-12-6)8-5(3-11)9-7/h1-2,11H,3H2,(H,8,9,10). The number of fused-ring (bicyclic) bond motifs is 1. The maximum atomic E-state index is 11.3. The van der Waals surface area contributed by atoms with Crippen LogP contribution in [0.2, 0.25) is 0 Å². The number of thiol groups is 1. The van der Waals surface area contributed by atoms with Crippen molar-refractivity contribution in [3.05, 3.63) is 27.6 Å². The lowest BCUT2D eigenvalue weighted by molar-refractivity contribution is 1.05. The number of hydrogen-bond acceptors (Lipinski definition) is 4. The molecule has 0 radical (unpaired) electrons. The molecule has 2 rings (SSSR count). The first-order chi connectivity index (χ1) is 5.81. The van der Waals surface area contributed by atoms with E-state index in [4.69, 9.17) is 0 Å². The molecule has 0 atom stereocenters. The van der Waals surface area contributed by atoms with Crippen molar-refractivity contribution >= 4 is 34.2 Å². The Morgan fingerprint density at radius 3 is 3.25 bits per heavy atom. The summed E-state index contributed by atoms with van der Waals surface area (Å²) in [5.41, 5.74) is 0.687. The van der Waals surface area contributed by atoms with Gasteiger partial charge in [0.25, 0.3) is 5.56 Å². The molecule has 0 aromatic carbocycles. The summed E-state index contributed by atoms with van der Waals surface area (Å²) in [6.07, 6.45) is 0. The van der Waals surface area contributed by atoms with Gasteiger partial charge in [-0.2, -0.15) is 12.6 Å². The van der Waals surface area contributed by atoms with Gasteiger partial charge in [-0.1, -0.05) is 0 Å². The highest BCUT2D eigenvalue weighted by Gasteiger charge is 2.02. The average Bonchev–Trinajstić information content (AvgIpc) is 2.52. The van der Waals surface area contributed by atoms with Crippen LogP contribution in [-0.4, -0.2) is 9.97 Å². The van der Waals surface area contributed by atoms with Gasteiger partial charge in [-0.3, -0.25) is 4.79 Å². The van der Waals surface area contributed by atoms with Crippen molar-refractivity contribution in [3.63, 3.8) is 0 Å². The third-order valence-corrected chi connectivity index (χ3v) is 2.72. The van der Waals surface area contributed by atoms with Crippen LogP contribution in [0.3, 0.4) is 0 Å². The summed E-state index contributed by atoms with van der Waals surface area (Å²) in [5, 5.41) is 1.86. The zero-order chi connectivity index (χ0) is 8.55. The number of thiophene rings is 1. The molecule has 0 aliphatic rings. The van der Waals surface area contributed by atoms with Crippen LogP contribution in [0.15, 0.2) is 16.2 Å². The first-order valence-electron chi connectivity index (χ1n) is 3.38. The van der Waals surface area contributed by atoms with Crippen molar-refractivity contribution in [2.75, 3.05) is 0 Å². The second-order valence-corrected chi connectivity index (χ2v) is 3.54. The molecule has 0 amide bonds. The fourth-order valence-electron chi connectivity index (χ4n) is 0.997. The molecule has 0 spiro atoms. The van der Waals surface area contributed by atoms with Crippen molar-refractivity contribution in [1.29, 1.82) is 0 Å². The van der Waals surface area contributed by atoms with Gasteiger partial charge in [-0.05, 0) is 11.4 Å². The van der Waals surface area contributed by atoms with Crippen LogP contribution in [-0.2, 0) is 5.75 Å². The van der Waals surface area contributed by atoms with Crippen molar-refractivity contribution in [1.82, 2.24) is 9.97 Å². The van der Waals surface area contributed by atoms with Gasteiger partial charge in [0.1, 0.15) is 10.5 Å². The molecule has 1 N–H and O–H groups in total. The maximum Gasteiger partial charge on any atom is 0.268 e. The van der Waals surface area contributed by atoms with E-state index < -0.39 is 0 Å². The third kappa shape index (κ3) is 1.15. The molecule has 12 heavy (non-hydrogen) atoms. The van der Waals surface area contributed by atoms with E-state index in [2.05, 4.69) is 22.6 Å². The normalized spacial score (nSPS) is 10.8. The molecule has 2 aromatic heterocycles. The fourth-order valence-corrected chi connectivity index (χ4v) is 1.87. The lowest BCUT2D eigenvalue weighted by Crippen LogP contribution is -2.08. The van der Waals surface area contributed by atoms with E-state index in [9.17, 15) is 4.79 Å². The van der Waals surface area contributed by atoms with Gasteiger partial charge in [0.05, 0.1) is 5.52 Å². The molecule has 0 bridgehead atoms. The summed E-state index contributed by atoms with van der Waals surface area (Å²) in [6.45, 7) is 0. The van der Waals surface area contributed by atoms with E-state index in [1.54, 1.807) is 0 Å². The molecule has 62 valence electrons. The second-order valence-electron chi connectivity index (χ2n) is 2.31. The summed E-state index contributed by atoms with van der Waals surface area (Å²) >= 11 is 5.44. The van der Waals surface area contributed by atoms with Crippen LogP contribution in [0.1, 0.15) is 5.82 Å². The number of rotatable bonds is 1. The zero-order valence-corrected chi connectivity index (χ0v) is 7.78. The minimum absolute atomic E-state index is 0.0703. The van der Waals surface area contributed by atoms with E-state index >= 15 is 0 Å². The van der Waals surface area contributed by atoms with Crippen molar-refractivity contribution in [2.45, 2.75) is 5.75 Å². The van der Waals surface area contributed by atoms with E-state index in [1.807, 2.05) is 11.4 Å². The SMILES string of the molecule is O=c1[nH]c(CS)nc2ccsc12. The van der Waals surface area contributed by atoms with E-state index in [1.165, 1.54) is 11.3 Å². The molecule has 2 heterocycles. The molecule has 0 aliphatic carbocycles. The largest absolute Gasteiger partial charge is 0.309 e. The Hall–Kier alpha value is -0.810. The molecule has 0 saturated carbocycles. The Balaban J connectivity index is 2.84. The second kappa shape index (κ2) is 2.91. The highest BCUT2D eigenvalue weighted by molar-refractivity contribution is 7.79. The van der Waals surface area contributed by atoms with Gasteiger partial charge < -0.3 is 4.98 Å². The van der Waals surface area contributed by atoms with Gasteiger partial charge in [0.15, 0.2) is 0 Å². The van der Waals surface area contributed by atoms with Gasteiger partial charge in [-0.25, -0.2) is 4.98 Å². The third-order valence-electron chi connectivity index (χ3n) is 1.51. The molecule has 3 nitrogen and oxygen atoms in total. The molecular formula is C7H6N2OS2. The van der Waals surface area contributed by atoms with E-state index in [0.717, 1.165) is 5.52 Å². The minimum Gasteiger partial charge on any atom is -0.309 e. The Morgan fingerprint density at radius 1 is 1.67 bits per heavy atom. The number of aromatic nitrogens is 2. The van der Waals surface area contributed by atoms with Gasteiger partial charge in [0.2, 0.25) is 0 Å². The van der Waals surface area contributed by atoms with Gasteiger partial charge in [-0.15, -0.1) is 11.3 Å². The Kier molecular flexibility index (Phi) is 1.90. The summed E-state index contributed by atoms with van der Waals surface area (Å²) in [6, 6.07) is 1.84. The van der Waals surface area contributed by atoms with Gasteiger partial charge >= 0.3 is 0 Å². The fraction of sp³-hybridized carbons (Fsp3) is 0.143. The number of H-pyrrole nitrogens is 1. The van der Waals surface area contributed by atoms with Crippen LogP contribution in [0, 0.1) is 0 Å². The van der Waals surface area contributed by atoms with E-state index in [0.29, 0.717) is 16.3 Å². The molecule has 5 heteroatoms. The van der Waals surface area contributed by atoms with Crippen LogP contribution in [0.5, 0.6) is 0 Å². The summed E-state index contributed by atoms with van der Waals surface area (Å²) < 4.78 is 0.681. The molecular weight excluding hydrogens is 192 g/mol. The van der Waals surface area contributed by atoms with Gasteiger partial charge in [0, 0.05) is 5.75 Å². The number of nitrogens with zero attached hydrogens (tertiary/aromatic N) is 1. The monoisotopic (exact) mass is 198 g/mol. The summed E-state index contributed by atoms with van der Waals surface area (Å²) in [5.74, 6) is 1.08. The number of hydrogen-bond donors (Lipinski definition) is 2. The quantitative estimate of drug-likeness (QED) is 0.681. The Morgan fingerprint density at radius 2 is 2.50 bits per heavy atom. The van der Waals surface area contributed by atoms with Crippen LogP contribution >= 0.6 is 24.0 Å². The predicted octanol–water partition coefficient (Wildman–Crippen LogP) is 1.41.